The third-order valence-electron chi connectivity index (χ3n) is 8.43. The molecule has 0 heteroatoms. The average molecular weight is 533 g/mol. The van der Waals surface area contributed by atoms with E-state index in [0.29, 0.717) is 0 Å². The number of hydrogen-bond donors (Lipinski definition) is 0. The van der Waals surface area contributed by atoms with Crippen LogP contribution in [0.15, 0.2) is 170 Å². The minimum atomic E-state index is 1.22. The zero-order valence-corrected chi connectivity index (χ0v) is 23.2. The van der Waals surface area contributed by atoms with Gasteiger partial charge in [0.1, 0.15) is 0 Å². The van der Waals surface area contributed by atoms with Crippen LogP contribution in [0.25, 0.3) is 76.8 Å². The van der Waals surface area contributed by atoms with Crippen LogP contribution in [-0.2, 0) is 0 Å². The summed E-state index contributed by atoms with van der Waals surface area (Å²) in [6, 6.07) is 61.7. The van der Waals surface area contributed by atoms with Gasteiger partial charge in [-0.25, -0.2) is 0 Å². The zero-order chi connectivity index (χ0) is 27.9. The molecule has 0 aromatic heterocycles. The number of hydrogen-bond acceptors (Lipinski definition) is 0. The quantitative estimate of drug-likeness (QED) is 0.198. The summed E-state index contributed by atoms with van der Waals surface area (Å²) in [5.41, 5.74) is 9.98. The van der Waals surface area contributed by atoms with Gasteiger partial charge in [0.2, 0.25) is 0 Å². The summed E-state index contributed by atoms with van der Waals surface area (Å²) >= 11 is 0. The molecule has 0 amide bonds. The highest BCUT2D eigenvalue weighted by atomic mass is 14.2. The Balaban J connectivity index is 1.39. The van der Waals surface area contributed by atoms with E-state index >= 15 is 0 Å². The van der Waals surface area contributed by atoms with E-state index in [-0.39, 0.29) is 0 Å². The maximum Gasteiger partial charge on any atom is -0.00262 e. The van der Waals surface area contributed by atoms with Gasteiger partial charge in [0.05, 0.1) is 0 Å². The van der Waals surface area contributed by atoms with Crippen LogP contribution in [0.4, 0.5) is 0 Å². The summed E-state index contributed by atoms with van der Waals surface area (Å²) in [4.78, 5) is 0. The summed E-state index contributed by atoms with van der Waals surface area (Å²) in [6.45, 7) is 0. The van der Waals surface area contributed by atoms with Crippen LogP contribution < -0.4 is 0 Å². The van der Waals surface area contributed by atoms with Crippen molar-refractivity contribution < 1.29 is 0 Å². The molecule has 0 saturated heterocycles. The van der Waals surface area contributed by atoms with E-state index in [1.165, 1.54) is 76.8 Å². The minimum Gasteiger partial charge on any atom is -0.0622 e. The van der Waals surface area contributed by atoms with E-state index < -0.39 is 0 Å². The van der Waals surface area contributed by atoms with E-state index in [9.17, 15) is 0 Å². The first-order chi connectivity index (χ1) is 20.8. The van der Waals surface area contributed by atoms with Crippen LogP contribution in [0.3, 0.4) is 0 Å². The Morgan fingerprint density at radius 3 is 1.19 bits per heavy atom. The standard InChI is InChI=1S/C42H28/c1-4-12-29(13-5-1)33-22-20-30-21-23-34(27-36(30)26-33)35-24-25-39-40(28-35)42(32-16-8-3-9-17-32)38-19-11-10-18-37(38)41(39)31-14-6-2-7-15-31/h1-28H. The minimum absolute atomic E-state index is 1.22. The lowest BCUT2D eigenvalue weighted by Gasteiger charge is -2.19. The Morgan fingerprint density at radius 2 is 0.619 bits per heavy atom. The van der Waals surface area contributed by atoms with Gasteiger partial charge < -0.3 is 0 Å². The van der Waals surface area contributed by atoms with E-state index in [2.05, 4.69) is 170 Å². The molecular weight excluding hydrogens is 504 g/mol. The number of benzene rings is 8. The number of rotatable bonds is 4. The molecule has 196 valence electrons. The molecule has 0 heterocycles. The first kappa shape index (κ1) is 24.3. The molecule has 0 nitrogen and oxygen atoms in total. The van der Waals surface area contributed by atoms with E-state index in [1.54, 1.807) is 0 Å². The Kier molecular flexibility index (Phi) is 5.90. The van der Waals surface area contributed by atoms with Crippen molar-refractivity contribution in [3.05, 3.63) is 170 Å². The monoisotopic (exact) mass is 532 g/mol. The first-order valence-corrected chi connectivity index (χ1v) is 14.5. The highest BCUT2D eigenvalue weighted by Gasteiger charge is 2.17. The SMILES string of the molecule is c1ccc(-c2ccc3ccc(-c4ccc5c(-c6ccccc6)c6ccccc6c(-c6ccccc6)c5c4)cc3c2)cc1. The zero-order valence-electron chi connectivity index (χ0n) is 23.2. The molecule has 0 aliphatic carbocycles. The van der Waals surface area contributed by atoms with Gasteiger partial charge in [-0.3, -0.25) is 0 Å². The predicted molar refractivity (Wildman–Crippen MR) is 181 cm³/mol. The molecule has 42 heavy (non-hydrogen) atoms. The Bertz CT molecular complexity index is 2210. The van der Waals surface area contributed by atoms with Crippen LogP contribution in [0.5, 0.6) is 0 Å². The lowest BCUT2D eigenvalue weighted by atomic mass is 9.85. The Morgan fingerprint density at radius 1 is 0.214 bits per heavy atom. The second-order valence-electron chi connectivity index (χ2n) is 10.9. The van der Waals surface area contributed by atoms with Gasteiger partial charge in [0.25, 0.3) is 0 Å². The van der Waals surface area contributed by atoms with E-state index in [4.69, 9.17) is 0 Å². The molecule has 0 unspecified atom stereocenters. The summed E-state index contributed by atoms with van der Waals surface area (Å²) in [6.07, 6.45) is 0. The maximum absolute atomic E-state index is 2.40. The average Bonchev–Trinajstić information content (AvgIpc) is 3.07. The molecule has 0 aliphatic heterocycles. The summed E-state index contributed by atoms with van der Waals surface area (Å²) in [5, 5.41) is 7.60. The maximum atomic E-state index is 2.40. The molecule has 0 N–H and O–H groups in total. The summed E-state index contributed by atoms with van der Waals surface area (Å²) in [5.74, 6) is 0. The van der Waals surface area contributed by atoms with Crippen molar-refractivity contribution >= 4 is 32.3 Å². The van der Waals surface area contributed by atoms with Crippen molar-refractivity contribution in [2.24, 2.45) is 0 Å². The van der Waals surface area contributed by atoms with Gasteiger partial charge >= 0.3 is 0 Å². The number of fused-ring (bicyclic) bond motifs is 3. The lowest BCUT2D eigenvalue weighted by Crippen LogP contribution is -1.91. The van der Waals surface area contributed by atoms with E-state index in [0.717, 1.165) is 0 Å². The largest absolute Gasteiger partial charge is 0.0622 e. The van der Waals surface area contributed by atoms with Crippen molar-refractivity contribution in [2.45, 2.75) is 0 Å². The molecule has 0 atom stereocenters. The van der Waals surface area contributed by atoms with Crippen molar-refractivity contribution in [2.75, 3.05) is 0 Å². The van der Waals surface area contributed by atoms with Gasteiger partial charge in [-0.15, -0.1) is 0 Å². The van der Waals surface area contributed by atoms with Gasteiger partial charge in [0.15, 0.2) is 0 Å². The van der Waals surface area contributed by atoms with Gasteiger partial charge in [0, 0.05) is 0 Å². The second-order valence-corrected chi connectivity index (χ2v) is 10.9. The molecule has 0 aliphatic rings. The predicted octanol–water partition coefficient (Wildman–Crippen LogP) is 11.8. The van der Waals surface area contributed by atoms with Crippen LogP contribution in [-0.4, -0.2) is 0 Å². The summed E-state index contributed by atoms with van der Waals surface area (Å²) < 4.78 is 0. The topological polar surface area (TPSA) is 0 Å². The van der Waals surface area contributed by atoms with Crippen LogP contribution in [0.1, 0.15) is 0 Å². The molecule has 8 rings (SSSR count). The molecular formula is C42H28. The second kappa shape index (κ2) is 10.2. The Hall–Kier alpha value is -5.46. The molecule has 0 bridgehead atoms. The Labute approximate surface area is 246 Å². The van der Waals surface area contributed by atoms with Crippen molar-refractivity contribution in [3.63, 3.8) is 0 Å². The van der Waals surface area contributed by atoms with Gasteiger partial charge in [-0.2, -0.15) is 0 Å². The molecule has 0 saturated carbocycles. The third-order valence-corrected chi connectivity index (χ3v) is 8.43. The highest BCUT2D eigenvalue weighted by Crippen LogP contribution is 2.44. The van der Waals surface area contributed by atoms with Gasteiger partial charge in [-0.1, -0.05) is 152 Å². The van der Waals surface area contributed by atoms with Crippen molar-refractivity contribution in [1.29, 1.82) is 0 Å². The lowest BCUT2D eigenvalue weighted by molar-refractivity contribution is 1.63. The van der Waals surface area contributed by atoms with Crippen LogP contribution in [0.2, 0.25) is 0 Å². The van der Waals surface area contributed by atoms with Crippen molar-refractivity contribution in [1.82, 2.24) is 0 Å². The first-order valence-electron chi connectivity index (χ1n) is 14.5. The molecule has 0 spiro atoms. The highest BCUT2D eigenvalue weighted by molar-refractivity contribution is 6.22. The van der Waals surface area contributed by atoms with Crippen LogP contribution in [0, 0.1) is 0 Å². The third kappa shape index (κ3) is 4.17. The molecule has 0 radical (unpaired) electrons. The fraction of sp³-hybridized carbons (Fsp3) is 0. The van der Waals surface area contributed by atoms with E-state index in [1.807, 2.05) is 0 Å². The fourth-order valence-electron chi connectivity index (χ4n) is 6.43. The smallest absolute Gasteiger partial charge is 0.00262 e. The molecule has 8 aromatic rings. The van der Waals surface area contributed by atoms with Gasteiger partial charge in [-0.05, 0) is 95.0 Å². The normalized spacial score (nSPS) is 11.3. The van der Waals surface area contributed by atoms with Crippen LogP contribution >= 0.6 is 0 Å². The fourth-order valence-corrected chi connectivity index (χ4v) is 6.43. The molecule has 0 fully saturated rings. The summed E-state index contributed by atoms with van der Waals surface area (Å²) in [7, 11) is 0. The molecule has 8 aromatic carbocycles. The van der Waals surface area contributed by atoms with Crippen molar-refractivity contribution in [3.8, 4) is 44.5 Å².